The molecule has 9 nitrogen and oxygen atoms in total. The van der Waals surface area contributed by atoms with E-state index < -0.39 is 20.0 Å². The number of unbranched alkanes of at least 4 members (excludes halogenated alkanes) is 25. The topological polar surface area (TPSA) is 111 Å². The largest absolute Gasteiger partial charge is 0.472 e. The molecule has 2 N–H and O–H groups in total. The van der Waals surface area contributed by atoms with Gasteiger partial charge in [0.15, 0.2) is 0 Å². The maximum atomic E-state index is 13.6. The molecular formula is C75H130N2O7P+. The number of quaternary nitrogens is 1. The lowest BCUT2D eigenvalue weighted by Gasteiger charge is -2.27. The van der Waals surface area contributed by atoms with Gasteiger partial charge in [0.25, 0.3) is 0 Å². The van der Waals surface area contributed by atoms with Crippen molar-refractivity contribution in [1.82, 2.24) is 5.32 Å². The highest BCUT2D eigenvalue weighted by atomic mass is 31.2. The minimum Gasteiger partial charge on any atom is -0.456 e. The third-order valence-corrected chi connectivity index (χ3v) is 15.6. The Morgan fingerprint density at radius 1 is 0.424 bits per heavy atom. The van der Waals surface area contributed by atoms with Crippen LogP contribution in [-0.4, -0.2) is 74.3 Å². The van der Waals surface area contributed by atoms with Crippen molar-refractivity contribution in [1.29, 1.82) is 0 Å². The molecule has 486 valence electrons. The van der Waals surface area contributed by atoms with Crippen LogP contribution in [0.25, 0.3) is 0 Å². The number of allylic oxidation sites excluding steroid dienone is 21. The number of rotatable bonds is 61. The van der Waals surface area contributed by atoms with Crippen molar-refractivity contribution >= 4 is 19.7 Å². The minimum atomic E-state index is -4.47. The van der Waals surface area contributed by atoms with Gasteiger partial charge in [0.1, 0.15) is 19.3 Å². The van der Waals surface area contributed by atoms with Crippen LogP contribution in [-0.2, 0) is 27.9 Å². The molecule has 1 amide bonds. The van der Waals surface area contributed by atoms with Crippen LogP contribution in [0.15, 0.2) is 134 Å². The molecule has 0 aliphatic carbocycles. The van der Waals surface area contributed by atoms with Crippen LogP contribution in [0.5, 0.6) is 0 Å². The Hall–Kier alpha value is -3.85. The normalized spacial score (nSPS) is 14.4. The summed E-state index contributed by atoms with van der Waals surface area (Å²) in [7, 11) is 1.46. The van der Waals surface area contributed by atoms with E-state index in [1.54, 1.807) is 0 Å². The second-order valence-corrected chi connectivity index (χ2v) is 25.4. The molecular weight excluding hydrogens is 1070 g/mol. The number of phosphoric acid groups is 1. The Morgan fingerprint density at radius 2 is 0.753 bits per heavy atom. The van der Waals surface area contributed by atoms with Gasteiger partial charge in [-0.2, -0.15) is 0 Å². The number of likely N-dealkylation sites (N-methyl/N-ethyl adjacent to an activating group) is 1. The monoisotopic (exact) mass is 1200 g/mol. The molecule has 0 rings (SSSR count). The molecule has 0 heterocycles. The third-order valence-electron chi connectivity index (χ3n) is 14.6. The summed E-state index contributed by atoms with van der Waals surface area (Å²) in [5.41, 5.74) is 0. The van der Waals surface area contributed by atoms with E-state index in [0.29, 0.717) is 17.4 Å². The van der Waals surface area contributed by atoms with Crippen LogP contribution in [0, 0.1) is 0 Å². The molecule has 85 heavy (non-hydrogen) atoms. The molecule has 0 spiro atoms. The second kappa shape index (κ2) is 63.2. The minimum absolute atomic E-state index is 0.0278. The van der Waals surface area contributed by atoms with Crippen molar-refractivity contribution in [2.75, 3.05) is 40.9 Å². The predicted octanol–water partition coefficient (Wildman–Crippen LogP) is 22.0. The summed E-state index contributed by atoms with van der Waals surface area (Å²) < 4.78 is 30.8. The van der Waals surface area contributed by atoms with E-state index in [1.165, 1.54) is 96.3 Å². The van der Waals surface area contributed by atoms with Crippen LogP contribution < -0.4 is 5.32 Å². The van der Waals surface area contributed by atoms with Crippen LogP contribution in [0.3, 0.4) is 0 Å². The number of carbonyl (C=O) groups is 2. The zero-order valence-electron chi connectivity index (χ0n) is 55.6. The van der Waals surface area contributed by atoms with E-state index >= 15 is 0 Å². The summed E-state index contributed by atoms with van der Waals surface area (Å²) in [6, 6.07) is -0.872. The van der Waals surface area contributed by atoms with Crippen molar-refractivity contribution in [3.05, 3.63) is 134 Å². The van der Waals surface area contributed by atoms with Crippen LogP contribution in [0.1, 0.15) is 278 Å². The number of hydrogen-bond acceptors (Lipinski definition) is 6. The lowest BCUT2D eigenvalue weighted by atomic mass is 10.1. The Morgan fingerprint density at radius 3 is 1.15 bits per heavy atom. The molecule has 0 bridgehead atoms. The summed E-state index contributed by atoms with van der Waals surface area (Å²) in [4.78, 5) is 37.8. The molecule has 3 unspecified atom stereocenters. The van der Waals surface area contributed by atoms with E-state index in [2.05, 4.69) is 148 Å². The summed E-state index contributed by atoms with van der Waals surface area (Å²) >= 11 is 0. The molecule has 0 aromatic carbocycles. The van der Waals surface area contributed by atoms with Crippen LogP contribution in [0.2, 0.25) is 0 Å². The first-order chi connectivity index (χ1) is 41.4. The summed E-state index contributed by atoms with van der Waals surface area (Å²) in [5, 5.41) is 3.05. The van der Waals surface area contributed by atoms with E-state index in [9.17, 15) is 19.0 Å². The fraction of sp³-hybridized carbons (Fsp3) is 0.680. The van der Waals surface area contributed by atoms with E-state index in [0.717, 1.165) is 148 Å². The summed E-state index contributed by atoms with van der Waals surface area (Å²) in [5.74, 6) is -0.542. The van der Waals surface area contributed by atoms with Crippen molar-refractivity contribution in [2.45, 2.75) is 290 Å². The number of amides is 1. The molecule has 0 aliphatic rings. The number of ether oxygens (including phenoxy) is 1. The highest BCUT2D eigenvalue weighted by Gasteiger charge is 2.30. The molecule has 0 aliphatic heterocycles. The van der Waals surface area contributed by atoms with Gasteiger partial charge in [-0.25, -0.2) is 4.57 Å². The van der Waals surface area contributed by atoms with Gasteiger partial charge in [0.05, 0.1) is 33.8 Å². The third kappa shape index (κ3) is 64.5. The maximum Gasteiger partial charge on any atom is 0.472 e. The number of esters is 1. The summed E-state index contributed by atoms with van der Waals surface area (Å²) in [6.07, 6.45) is 90.3. The average Bonchev–Trinajstić information content (AvgIpc) is 3.59. The standard InChI is InChI=1S/C75H129N2O7P/c1-7-10-13-16-19-22-25-27-29-31-33-35-36-37-38-39-40-42-44-46-48-50-53-56-59-62-65-68-75(79)84-73(66-63-60-57-54-51-24-21-18-15-12-9-3)72(71-83-85(80,81)82-70-69-77(4,5)6)76-74(78)67-64-61-58-55-52-49-47-45-43-41-34-32-30-28-26-23-20-17-14-11-8-2/h10,13,19-20,22-23,27-30,33-35,37-38,40-42,45,47,63,66,72-73H,7-9,11-12,14-18,21,24-26,31-32,36,39,43-44,46,48-62,64-65,67-71H2,1-6H3,(H-,76,78,80,81)/p+1/b13-10-,22-19-,23-20-,29-27-,30-28-,35-33-,38-37-,41-34-,42-40-,47-45-,66-63-. The van der Waals surface area contributed by atoms with Crippen LogP contribution in [0.4, 0.5) is 0 Å². The van der Waals surface area contributed by atoms with Crippen molar-refractivity contribution in [3.8, 4) is 0 Å². The van der Waals surface area contributed by atoms with Gasteiger partial charge in [-0.1, -0.05) is 270 Å². The summed E-state index contributed by atoms with van der Waals surface area (Å²) in [6.45, 7) is 6.84. The number of nitrogens with one attached hydrogen (secondary N) is 1. The van der Waals surface area contributed by atoms with Gasteiger partial charge in [-0.05, 0) is 128 Å². The Bertz CT molecular complexity index is 1920. The Kier molecular flexibility index (Phi) is 60.3. The number of hydrogen-bond donors (Lipinski definition) is 2. The van der Waals surface area contributed by atoms with E-state index in [1.807, 2.05) is 33.3 Å². The molecule has 0 aromatic heterocycles. The van der Waals surface area contributed by atoms with Gasteiger partial charge in [-0.3, -0.25) is 18.6 Å². The lowest BCUT2D eigenvalue weighted by molar-refractivity contribution is -0.870. The molecule has 10 heteroatoms. The van der Waals surface area contributed by atoms with Crippen LogP contribution >= 0.6 is 7.82 Å². The maximum absolute atomic E-state index is 13.6. The quantitative estimate of drug-likeness (QED) is 0.0205. The first-order valence-electron chi connectivity index (χ1n) is 34.5. The Labute approximate surface area is 524 Å². The zero-order valence-corrected chi connectivity index (χ0v) is 56.4. The highest BCUT2D eigenvalue weighted by Crippen LogP contribution is 2.43. The molecule has 0 fully saturated rings. The van der Waals surface area contributed by atoms with Gasteiger partial charge in [0.2, 0.25) is 5.91 Å². The fourth-order valence-electron chi connectivity index (χ4n) is 9.28. The number of phosphoric ester groups is 1. The van der Waals surface area contributed by atoms with Crippen molar-refractivity contribution in [2.24, 2.45) is 0 Å². The first-order valence-corrected chi connectivity index (χ1v) is 36.0. The van der Waals surface area contributed by atoms with Gasteiger partial charge in [0, 0.05) is 12.8 Å². The fourth-order valence-corrected chi connectivity index (χ4v) is 10.0. The SMILES string of the molecule is CC/C=C\C/C=C\C/C=C\C/C=C\C/C=C\C/C=C\CCCCCCCCCCC(=O)OC(/C=C\CCCCCCCCCCC)C(COP(=O)(O)OCC[N+](C)(C)C)NC(=O)CCCCCCC/C=C\C/C=C\C/C=C\C/C=C\CCCCC. The molecule has 0 radical (unpaired) electrons. The smallest absolute Gasteiger partial charge is 0.456 e. The highest BCUT2D eigenvalue weighted by molar-refractivity contribution is 7.47. The Balaban J connectivity index is 5.13. The number of carbonyl (C=O) groups excluding carboxylic acids is 2. The number of nitrogens with zero attached hydrogens (tertiary/aromatic N) is 1. The van der Waals surface area contributed by atoms with Gasteiger partial charge in [-0.15, -0.1) is 0 Å². The first kappa shape index (κ1) is 81.2. The zero-order chi connectivity index (χ0) is 62.1. The van der Waals surface area contributed by atoms with Gasteiger partial charge < -0.3 is 19.4 Å². The molecule has 3 atom stereocenters. The molecule has 0 aromatic rings. The van der Waals surface area contributed by atoms with Crippen molar-refractivity contribution in [3.63, 3.8) is 0 Å². The van der Waals surface area contributed by atoms with Gasteiger partial charge >= 0.3 is 13.8 Å². The second-order valence-electron chi connectivity index (χ2n) is 24.0. The van der Waals surface area contributed by atoms with Crippen molar-refractivity contribution < 1.29 is 37.3 Å². The van der Waals surface area contributed by atoms with E-state index in [-0.39, 0.29) is 31.5 Å². The predicted molar refractivity (Wildman–Crippen MR) is 369 cm³/mol. The molecule has 0 saturated heterocycles. The lowest BCUT2D eigenvalue weighted by Crippen LogP contribution is -2.47. The molecule has 0 saturated carbocycles. The average molecular weight is 1200 g/mol. The van der Waals surface area contributed by atoms with E-state index in [4.69, 9.17) is 13.8 Å².